The van der Waals surface area contributed by atoms with Crippen LogP contribution in [0.4, 0.5) is 0 Å². The van der Waals surface area contributed by atoms with Crippen molar-refractivity contribution >= 4 is 41.3 Å². The molecule has 0 saturated carbocycles. The van der Waals surface area contributed by atoms with E-state index in [9.17, 15) is 28.8 Å². The summed E-state index contributed by atoms with van der Waals surface area (Å²) in [5, 5.41) is 14.1. The maximum absolute atomic E-state index is 14.3. The lowest BCUT2D eigenvalue weighted by Crippen LogP contribution is -2.62. The van der Waals surface area contributed by atoms with E-state index in [0.717, 1.165) is 5.56 Å². The zero-order valence-electron chi connectivity index (χ0n) is 35.7. The number of hydrogen-bond donors (Lipinski definition) is 5. The van der Waals surface area contributed by atoms with Crippen LogP contribution < -0.4 is 26.6 Å². The molecule has 1 fully saturated rings. The molecular formula is C43H63N7O9. The SMILES string of the molecule is C=CC(C)(C)OC[C@@H]1NC(=O)[C@H]([C@@H](C)OC(C)(C)C=C)NC(=O)[C@@H]2COC(=N2)[C@@H](Cc2ccccc2)NC(=O)[C@@H]2CCCN2C(=O)[C@H](C)NC(=O)[C@H]([C@@H](C)CC)NC1=O. The minimum atomic E-state index is -1.37. The van der Waals surface area contributed by atoms with Gasteiger partial charge in [0.1, 0.15) is 42.9 Å². The first kappa shape index (κ1) is 46.6. The number of nitrogens with one attached hydrogen (secondary N) is 5. The number of nitrogens with zero attached hydrogens (tertiary/aromatic N) is 2. The Balaban J connectivity index is 1.79. The first-order valence-electron chi connectivity index (χ1n) is 20.4. The topological polar surface area (TPSA) is 206 Å². The summed E-state index contributed by atoms with van der Waals surface area (Å²) in [6.45, 7) is 21.1. The fourth-order valence-corrected chi connectivity index (χ4v) is 6.95. The number of carbonyl (C=O) groups is 6. The molecule has 0 spiro atoms. The fourth-order valence-electron chi connectivity index (χ4n) is 6.95. The predicted octanol–water partition coefficient (Wildman–Crippen LogP) is 1.87. The molecule has 4 rings (SSSR count). The highest BCUT2D eigenvalue weighted by Gasteiger charge is 2.42. The van der Waals surface area contributed by atoms with Gasteiger partial charge in [0, 0.05) is 13.0 Å². The fraction of sp³-hybridized carbons (Fsp3) is 0.605. The highest BCUT2D eigenvalue weighted by atomic mass is 16.5. The van der Waals surface area contributed by atoms with Gasteiger partial charge in [-0.15, -0.1) is 13.2 Å². The highest BCUT2D eigenvalue weighted by molar-refractivity contribution is 5.99. The summed E-state index contributed by atoms with van der Waals surface area (Å²) in [6, 6.07) is 1.68. The van der Waals surface area contributed by atoms with E-state index in [-0.39, 0.29) is 25.5 Å². The third-order valence-electron chi connectivity index (χ3n) is 11.0. The van der Waals surface area contributed by atoms with Crippen molar-refractivity contribution in [2.45, 2.75) is 141 Å². The van der Waals surface area contributed by atoms with Crippen molar-refractivity contribution in [3.8, 4) is 0 Å². The molecular weight excluding hydrogens is 759 g/mol. The summed E-state index contributed by atoms with van der Waals surface area (Å²) in [4.78, 5) is 90.5. The predicted molar refractivity (Wildman–Crippen MR) is 222 cm³/mol. The van der Waals surface area contributed by atoms with Crippen LogP contribution in [0.1, 0.15) is 80.2 Å². The van der Waals surface area contributed by atoms with E-state index >= 15 is 0 Å². The van der Waals surface area contributed by atoms with Gasteiger partial charge in [-0.3, -0.25) is 28.8 Å². The molecule has 5 N–H and O–H groups in total. The van der Waals surface area contributed by atoms with E-state index in [1.165, 1.54) is 11.8 Å². The molecule has 324 valence electrons. The summed E-state index contributed by atoms with van der Waals surface area (Å²) in [5.41, 5.74) is -0.969. The van der Waals surface area contributed by atoms with Crippen molar-refractivity contribution in [1.82, 2.24) is 31.5 Å². The number of benzene rings is 1. The van der Waals surface area contributed by atoms with Crippen molar-refractivity contribution in [2.24, 2.45) is 10.9 Å². The number of aliphatic imine (C=N–C) groups is 1. The molecule has 3 aliphatic rings. The van der Waals surface area contributed by atoms with Gasteiger partial charge in [0.25, 0.3) is 0 Å². The van der Waals surface area contributed by atoms with E-state index in [4.69, 9.17) is 14.2 Å². The summed E-state index contributed by atoms with van der Waals surface area (Å²) >= 11 is 0. The molecule has 1 aromatic carbocycles. The van der Waals surface area contributed by atoms with Crippen LogP contribution in [0.15, 0.2) is 60.6 Å². The van der Waals surface area contributed by atoms with Crippen LogP contribution in [0, 0.1) is 5.92 Å². The molecule has 0 aromatic heterocycles. The standard InChI is InChI=1S/C43H63N7O9/c1-11-25(4)33-38(54)44-26(5)41(56)50-21-17-20-32(50)37(53)45-29(22-28-18-15-14-16-19-28)40-47-30(23-57-40)35(51)49-34(27(6)59-43(9,10)13-3)39(55)46-31(36(52)48-33)24-58-42(7,8)12-2/h12-16,18-19,25-27,29-34H,2-3,11,17,20-24H2,1,4-10H3,(H,44,54)(H,45,53)(H,46,55)(H,48,52)(H,49,51)/t25-,26-,27+,29+,30-,31-,32-,33-,34-/m0/s1. The maximum atomic E-state index is 14.3. The molecule has 16 nitrogen and oxygen atoms in total. The van der Waals surface area contributed by atoms with Gasteiger partial charge in [0.05, 0.1) is 23.9 Å². The second kappa shape index (κ2) is 20.2. The van der Waals surface area contributed by atoms with Gasteiger partial charge in [0.15, 0.2) is 6.04 Å². The van der Waals surface area contributed by atoms with Crippen molar-refractivity contribution < 1.29 is 43.0 Å². The molecule has 3 aliphatic heterocycles. The molecule has 0 unspecified atom stereocenters. The zero-order chi connectivity index (χ0) is 43.7. The molecule has 3 heterocycles. The smallest absolute Gasteiger partial charge is 0.249 e. The normalized spacial score (nSPS) is 27.6. The molecule has 59 heavy (non-hydrogen) atoms. The van der Waals surface area contributed by atoms with Crippen LogP contribution in [0.25, 0.3) is 0 Å². The first-order chi connectivity index (χ1) is 27.8. The molecule has 9 atom stereocenters. The quantitative estimate of drug-likeness (QED) is 0.195. The number of fused-ring (bicyclic) bond motifs is 2. The molecule has 1 aromatic rings. The van der Waals surface area contributed by atoms with Crippen LogP contribution in [0.5, 0.6) is 0 Å². The summed E-state index contributed by atoms with van der Waals surface area (Å²) in [5.74, 6) is -4.01. The third-order valence-corrected chi connectivity index (χ3v) is 11.0. The minimum Gasteiger partial charge on any atom is -0.477 e. The Morgan fingerprint density at radius 2 is 1.47 bits per heavy atom. The van der Waals surface area contributed by atoms with Gasteiger partial charge >= 0.3 is 0 Å². The Kier molecular flexibility index (Phi) is 16.0. The molecule has 2 bridgehead atoms. The largest absolute Gasteiger partial charge is 0.477 e. The van der Waals surface area contributed by atoms with Crippen LogP contribution in [0.3, 0.4) is 0 Å². The van der Waals surface area contributed by atoms with Crippen molar-refractivity contribution in [3.63, 3.8) is 0 Å². The van der Waals surface area contributed by atoms with Crippen molar-refractivity contribution in [3.05, 3.63) is 61.2 Å². The van der Waals surface area contributed by atoms with Gasteiger partial charge in [0.2, 0.25) is 41.3 Å². The van der Waals surface area contributed by atoms with E-state index in [1.807, 2.05) is 37.3 Å². The van der Waals surface area contributed by atoms with Crippen molar-refractivity contribution in [1.29, 1.82) is 0 Å². The number of rotatable bonds is 12. The molecule has 6 amide bonds. The number of carbonyl (C=O) groups excluding carboxylic acids is 6. The van der Waals surface area contributed by atoms with E-state index in [1.54, 1.807) is 53.7 Å². The Labute approximate surface area is 347 Å². The average molecular weight is 822 g/mol. The number of amides is 6. The highest BCUT2D eigenvalue weighted by Crippen LogP contribution is 2.22. The van der Waals surface area contributed by atoms with Gasteiger partial charge in [-0.05, 0) is 65.9 Å². The molecule has 0 aliphatic carbocycles. The maximum Gasteiger partial charge on any atom is 0.249 e. The summed E-state index contributed by atoms with van der Waals surface area (Å²) in [7, 11) is 0. The first-order valence-corrected chi connectivity index (χ1v) is 20.4. The second-order valence-corrected chi connectivity index (χ2v) is 16.6. The van der Waals surface area contributed by atoms with Gasteiger partial charge in [-0.2, -0.15) is 0 Å². The summed E-state index contributed by atoms with van der Waals surface area (Å²) in [6.07, 6.45) is 3.83. The lowest BCUT2D eigenvalue weighted by atomic mass is 9.97. The average Bonchev–Trinajstić information content (AvgIpc) is 3.91. The Bertz CT molecular complexity index is 1750. The van der Waals surface area contributed by atoms with Gasteiger partial charge in [-0.1, -0.05) is 62.8 Å². The molecule has 0 radical (unpaired) electrons. The van der Waals surface area contributed by atoms with Crippen LogP contribution >= 0.6 is 0 Å². The van der Waals surface area contributed by atoms with E-state index in [2.05, 4.69) is 44.7 Å². The summed E-state index contributed by atoms with van der Waals surface area (Å²) < 4.78 is 18.2. The lowest BCUT2D eigenvalue weighted by Gasteiger charge is -2.33. The Morgan fingerprint density at radius 3 is 2.12 bits per heavy atom. The van der Waals surface area contributed by atoms with Crippen LogP contribution in [0.2, 0.25) is 0 Å². The van der Waals surface area contributed by atoms with Crippen molar-refractivity contribution in [2.75, 3.05) is 19.8 Å². The second-order valence-electron chi connectivity index (χ2n) is 16.6. The van der Waals surface area contributed by atoms with Gasteiger partial charge < -0.3 is 45.7 Å². The Hall–Kier alpha value is -5.09. The van der Waals surface area contributed by atoms with E-state index < -0.39 is 101 Å². The van der Waals surface area contributed by atoms with E-state index in [0.29, 0.717) is 25.8 Å². The lowest BCUT2D eigenvalue weighted by molar-refractivity contribution is -0.142. The monoisotopic (exact) mass is 821 g/mol. The van der Waals surface area contributed by atoms with Gasteiger partial charge in [-0.25, -0.2) is 4.99 Å². The molecule has 1 saturated heterocycles. The minimum absolute atomic E-state index is 0.109. The zero-order valence-corrected chi connectivity index (χ0v) is 35.7. The van der Waals surface area contributed by atoms with Crippen LogP contribution in [-0.2, 0) is 49.4 Å². The number of hydrogen-bond acceptors (Lipinski definition) is 10. The third kappa shape index (κ3) is 12.5. The van der Waals surface area contributed by atoms with Crippen LogP contribution in [-0.4, -0.2) is 126 Å². The Morgan fingerprint density at radius 1 is 0.847 bits per heavy atom. The number of ether oxygens (including phenoxy) is 3. The molecule has 16 heteroatoms.